The van der Waals surface area contributed by atoms with Gasteiger partial charge in [-0.2, -0.15) is 0 Å². The average Bonchev–Trinajstić information content (AvgIpc) is 3.39. The van der Waals surface area contributed by atoms with Crippen molar-refractivity contribution in [1.29, 1.82) is 0 Å². The SMILES string of the molecule is O=C(NCc1ccccc1)c1cc2oc(-c3ccc(F)cc3)cc2n1Cc1ccccc1. The first kappa shape index (κ1) is 19.8. The summed E-state index contributed by atoms with van der Waals surface area (Å²) < 4.78 is 21.3. The Morgan fingerprint density at radius 3 is 2.19 bits per heavy atom. The predicted molar refractivity (Wildman–Crippen MR) is 123 cm³/mol. The first-order valence-electron chi connectivity index (χ1n) is 10.4. The lowest BCUT2D eigenvalue weighted by molar-refractivity contribution is 0.0942. The van der Waals surface area contributed by atoms with Gasteiger partial charge in [0.2, 0.25) is 0 Å². The van der Waals surface area contributed by atoms with Crippen molar-refractivity contribution >= 4 is 17.0 Å². The number of furan rings is 1. The largest absolute Gasteiger partial charge is 0.454 e. The van der Waals surface area contributed by atoms with Gasteiger partial charge in [-0.3, -0.25) is 4.79 Å². The molecular formula is C27H21FN2O2. The van der Waals surface area contributed by atoms with E-state index in [1.54, 1.807) is 18.2 Å². The number of nitrogens with zero attached hydrogens (tertiary/aromatic N) is 1. The average molecular weight is 424 g/mol. The summed E-state index contributed by atoms with van der Waals surface area (Å²) >= 11 is 0. The molecule has 0 aliphatic carbocycles. The maximum Gasteiger partial charge on any atom is 0.268 e. The van der Waals surface area contributed by atoms with Crippen LogP contribution in [0.4, 0.5) is 4.39 Å². The van der Waals surface area contributed by atoms with Crippen molar-refractivity contribution in [2.45, 2.75) is 13.1 Å². The second-order valence-corrected chi connectivity index (χ2v) is 7.64. The Labute approximate surface area is 184 Å². The molecule has 5 rings (SSSR count). The Morgan fingerprint density at radius 2 is 1.50 bits per heavy atom. The third kappa shape index (κ3) is 4.05. The first-order chi connectivity index (χ1) is 15.7. The van der Waals surface area contributed by atoms with Crippen molar-refractivity contribution in [3.05, 3.63) is 120 Å². The zero-order valence-corrected chi connectivity index (χ0v) is 17.3. The molecule has 3 aromatic carbocycles. The fourth-order valence-electron chi connectivity index (χ4n) is 3.79. The van der Waals surface area contributed by atoms with E-state index >= 15 is 0 Å². The van der Waals surface area contributed by atoms with Gasteiger partial charge >= 0.3 is 0 Å². The molecule has 1 N–H and O–H groups in total. The molecule has 2 aromatic heterocycles. The molecule has 0 fully saturated rings. The van der Waals surface area contributed by atoms with Crippen LogP contribution in [0.25, 0.3) is 22.4 Å². The van der Waals surface area contributed by atoms with Gasteiger partial charge in [-0.15, -0.1) is 0 Å². The molecule has 0 aliphatic rings. The molecule has 1 amide bonds. The number of fused-ring (bicyclic) bond motifs is 1. The van der Waals surface area contributed by atoms with Gasteiger partial charge in [-0.05, 0) is 35.4 Å². The smallest absolute Gasteiger partial charge is 0.268 e. The van der Waals surface area contributed by atoms with Crippen LogP contribution in [-0.4, -0.2) is 10.5 Å². The molecule has 5 heteroatoms. The summed E-state index contributed by atoms with van der Waals surface area (Å²) in [5, 5.41) is 3.00. The molecular weight excluding hydrogens is 403 g/mol. The van der Waals surface area contributed by atoms with Crippen molar-refractivity contribution in [3.63, 3.8) is 0 Å². The van der Waals surface area contributed by atoms with Gasteiger partial charge in [-0.25, -0.2) is 4.39 Å². The Bertz CT molecular complexity index is 1350. The van der Waals surface area contributed by atoms with E-state index in [2.05, 4.69) is 5.32 Å². The highest BCUT2D eigenvalue weighted by atomic mass is 19.1. The summed E-state index contributed by atoms with van der Waals surface area (Å²) in [5.74, 6) is 0.170. The van der Waals surface area contributed by atoms with E-state index in [1.165, 1.54) is 12.1 Å². The summed E-state index contributed by atoms with van der Waals surface area (Å²) in [7, 11) is 0. The van der Waals surface area contributed by atoms with E-state index in [-0.39, 0.29) is 11.7 Å². The van der Waals surface area contributed by atoms with Gasteiger partial charge in [-0.1, -0.05) is 60.7 Å². The summed E-state index contributed by atoms with van der Waals surface area (Å²) in [4.78, 5) is 13.1. The second kappa shape index (κ2) is 8.55. The van der Waals surface area contributed by atoms with Crippen LogP contribution in [0, 0.1) is 5.82 Å². The van der Waals surface area contributed by atoms with E-state index in [9.17, 15) is 9.18 Å². The summed E-state index contributed by atoms with van der Waals surface area (Å²) in [5.41, 5.74) is 4.85. The molecule has 5 aromatic rings. The van der Waals surface area contributed by atoms with E-state index in [1.807, 2.05) is 71.3 Å². The number of carbonyl (C=O) groups is 1. The normalized spacial score (nSPS) is 11.0. The zero-order valence-electron chi connectivity index (χ0n) is 17.3. The lowest BCUT2D eigenvalue weighted by atomic mass is 10.2. The van der Waals surface area contributed by atoms with E-state index in [0.717, 1.165) is 22.2 Å². The Balaban J connectivity index is 1.50. The number of hydrogen-bond donors (Lipinski definition) is 1. The Morgan fingerprint density at radius 1 is 0.844 bits per heavy atom. The third-order valence-corrected chi connectivity index (χ3v) is 5.43. The molecule has 32 heavy (non-hydrogen) atoms. The Hall–Kier alpha value is -4.12. The minimum atomic E-state index is -0.296. The van der Waals surface area contributed by atoms with Crippen LogP contribution in [0.3, 0.4) is 0 Å². The molecule has 2 heterocycles. The van der Waals surface area contributed by atoms with Crippen molar-refractivity contribution in [2.24, 2.45) is 0 Å². The third-order valence-electron chi connectivity index (χ3n) is 5.43. The molecule has 158 valence electrons. The standard InChI is InChI=1S/C27H21FN2O2/c28-22-13-11-21(12-14-22)25-15-23-26(32-25)16-24(30(23)18-20-9-5-2-6-10-20)27(31)29-17-19-7-3-1-4-8-19/h1-16H,17-18H2,(H,29,31). The molecule has 0 saturated heterocycles. The van der Waals surface area contributed by atoms with Crippen molar-refractivity contribution < 1.29 is 13.6 Å². The van der Waals surface area contributed by atoms with Crippen molar-refractivity contribution in [3.8, 4) is 11.3 Å². The number of carbonyl (C=O) groups excluding carboxylic acids is 1. The van der Waals surface area contributed by atoms with E-state index < -0.39 is 0 Å². The van der Waals surface area contributed by atoms with E-state index in [0.29, 0.717) is 30.1 Å². The van der Waals surface area contributed by atoms with Crippen LogP contribution < -0.4 is 5.32 Å². The molecule has 0 unspecified atom stereocenters. The molecule has 0 saturated carbocycles. The predicted octanol–water partition coefficient (Wildman–Crippen LogP) is 6.02. The lowest BCUT2D eigenvalue weighted by Crippen LogP contribution is -2.25. The van der Waals surface area contributed by atoms with Crippen molar-refractivity contribution in [1.82, 2.24) is 9.88 Å². The van der Waals surface area contributed by atoms with Crippen LogP contribution >= 0.6 is 0 Å². The highest BCUT2D eigenvalue weighted by Gasteiger charge is 2.20. The highest BCUT2D eigenvalue weighted by molar-refractivity contribution is 5.98. The highest BCUT2D eigenvalue weighted by Crippen LogP contribution is 2.31. The summed E-state index contributed by atoms with van der Waals surface area (Å²) in [6.07, 6.45) is 0. The van der Waals surface area contributed by atoms with Gasteiger partial charge in [0.15, 0.2) is 5.58 Å². The van der Waals surface area contributed by atoms with Gasteiger partial charge < -0.3 is 14.3 Å². The molecule has 4 nitrogen and oxygen atoms in total. The number of benzene rings is 3. The molecule has 0 aliphatic heterocycles. The van der Waals surface area contributed by atoms with Crippen LogP contribution in [0.2, 0.25) is 0 Å². The quantitative estimate of drug-likeness (QED) is 0.362. The number of halogens is 1. The lowest BCUT2D eigenvalue weighted by Gasteiger charge is -2.11. The second-order valence-electron chi connectivity index (χ2n) is 7.64. The van der Waals surface area contributed by atoms with Crippen molar-refractivity contribution in [2.75, 3.05) is 0 Å². The van der Waals surface area contributed by atoms with Crippen LogP contribution in [0.1, 0.15) is 21.6 Å². The van der Waals surface area contributed by atoms with Crippen LogP contribution in [-0.2, 0) is 13.1 Å². The van der Waals surface area contributed by atoms with Gasteiger partial charge in [0.25, 0.3) is 5.91 Å². The molecule has 0 atom stereocenters. The minimum Gasteiger partial charge on any atom is -0.454 e. The first-order valence-corrected chi connectivity index (χ1v) is 10.4. The van der Waals surface area contributed by atoms with Gasteiger partial charge in [0.05, 0.1) is 5.52 Å². The fraction of sp³-hybridized carbons (Fsp3) is 0.0741. The van der Waals surface area contributed by atoms with E-state index in [4.69, 9.17) is 4.42 Å². The minimum absolute atomic E-state index is 0.167. The number of rotatable bonds is 6. The zero-order chi connectivity index (χ0) is 21.9. The number of aromatic nitrogens is 1. The fourth-order valence-corrected chi connectivity index (χ4v) is 3.79. The number of amides is 1. The maximum atomic E-state index is 13.3. The Kier molecular flexibility index (Phi) is 5.30. The maximum absolute atomic E-state index is 13.3. The topological polar surface area (TPSA) is 47.2 Å². The van der Waals surface area contributed by atoms with Crippen LogP contribution in [0.15, 0.2) is 101 Å². The van der Waals surface area contributed by atoms with Crippen LogP contribution in [0.5, 0.6) is 0 Å². The van der Waals surface area contributed by atoms with Gasteiger partial charge in [0.1, 0.15) is 17.3 Å². The number of hydrogen-bond acceptors (Lipinski definition) is 2. The summed E-state index contributed by atoms with van der Waals surface area (Å²) in [6, 6.07) is 29.6. The number of nitrogens with one attached hydrogen (secondary N) is 1. The molecule has 0 bridgehead atoms. The van der Waals surface area contributed by atoms with Gasteiger partial charge in [0, 0.05) is 30.8 Å². The molecule has 0 radical (unpaired) electrons. The molecule has 0 spiro atoms. The monoisotopic (exact) mass is 424 g/mol. The summed E-state index contributed by atoms with van der Waals surface area (Å²) in [6.45, 7) is 0.971.